The highest BCUT2D eigenvalue weighted by molar-refractivity contribution is 7.16. The molecule has 1 heterocycles. The van der Waals surface area contributed by atoms with Crippen molar-refractivity contribution in [1.29, 1.82) is 0 Å². The van der Waals surface area contributed by atoms with E-state index in [0.29, 0.717) is 11.4 Å². The minimum absolute atomic E-state index is 0.0202. The zero-order valence-corrected chi connectivity index (χ0v) is 15.1. The van der Waals surface area contributed by atoms with E-state index in [4.69, 9.17) is 4.74 Å². The smallest absolute Gasteiger partial charge is 0.326 e. The zero-order valence-electron chi connectivity index (χ0n) is 14.3. The third-order valence-corrected chi connectivity index (χ3v) is 4.66. The molecule has 26 heavy (non-hydrogen) atoms. The molecule has 0 N–H and O–H groups in total. The number of thiazole rings is 1. The molecule has 0 aliphatic heterocycles. The Kier molecular flexibility index (Phi) is 5.76. The SMILES string of the molecule is CCOC(=O)Cn1c(=NC(=O)/C=C/c2ccccc2)sc2ccccc21. The minimum atomic E-state index is -0.377. The number of amides is 1. The molecule has 0 aliphatic rings. The number of carbonyl (C=O) groups excluding carboxylic acids is 2. The molecule has 0 unspecified atom stereocenters. The standard InChI is InChI=1S/C20H18N2O3S/c1-2-25-19(24)14-22-16-10-6-7-11-17(16)26-20(22)21-18(23)13-12-15-8-4-3-5-9-15/h3-13H,2,14H2,1H3/b13-12+,21-20?. The molecule has 0 saturated carbocycles. The summed E-state index contributed by atoms with van der Waals surface area (Å²) in [5.74, 6) is -0.734. The minimum Gasteiger partial charge on any atom is -0.465 e. The Morgan fingerprint density at radius 3 is 2.62 bits per heavy atom. The van der Waals surface area contributed by atoms with Crippen LogP contribution in [0.4, 0.5) is 0 Å². The van der Waals surface area contributed by atoms with Crippen molar-refractivity contribution in [2.45, 2.75) is 13.5 Å². The van der Waals surface area contributed by atoms with E-state index in [1.54, 1.807) is 17.6 Å². The predicted octanol–water partition coefficient (Wildman–Crippen LogP) is 3.41. The van der Waals surface area contributed by atoms with Crippen molar-refractivity contribution in [1.82, 2.24) is 4.57 Å². The van der Waals surface area contributed by atoms with Crippen molar-refractivity contribution in [3.63, 3.8) is 0 Å². The van der Waals surface area contributed by atoms with E-state index in [1.807, 2.05) is 54.6 Å². The summed E-state index contributed by atoms with van der Waals surface area (Å²) in [5, 5.41) is 0. The second-order valence-corrected chi connectivity index (χ2v) is 6.45. The number of benzene rings is 2. The van der Waals surface area contributed by atoms with Gasteiger partial charge in [0.2, 0.25) is 0 Å². The first-order valence-electron chi connectivity index (χ1n) is 8.23. The Hall–Kier alpha value is -2.99. The lowest BCUT2D eigenvalue weighted by atomic mass is 10.2. The number of nitrogens with zero attached hydrogens (tertiary/aromatic N) is 2. The Labute approximate surface area is 154 Å². The van der Waals surface area contributed by atoms with Crippen molar-refractivity contribution in [2.75, 3.05) is 6.61 Å². The first-order valence-corrected chi connectivity index (χ1v) is 9.05. The molecule has 0 fully saturated rings. The summed E-state index contributed by atoms with van der Waals surface area (Å²) in [6.07, 6.45) is 3.14. The highest BCUT2D eigenvalue weighted by atomic mass is 32.1. The summed E-state index contributed by atoms with van der Waals surface area (Å²) < 4.78 is 7.70. The first kappa shape index (κ1) is 17.8. The molecule has 2 aromatic carbocycles. The number of rotatable bonds is 5. The summed E-state index contributed by atoms with van der Waals surface area (Å²) in [6, 6.07) is 17.2. The Bertz CT molecular complexity index is 1020. The van der Waals surface area contributed by atoms with E-state index in [9.17, 15) is 9.59 Å². The number of hydrogen-bond acceptors (Lipinski definition) is 4. The number of aromatic nitrogens is 1. The van der Waals surface area contributed by atoms with Gasteiger partial charge >= 0.3 is 5.97 Å². The van der Waals surface area contributed by atoms with Crippen LogP contribution in [0.15, 0.2) is 65.7 Å². The molecule has 132 valence electrons. The van der Waals surface area contributed by atoms with Gasteiger partial charge in [-0.3, -0.25) is 9.59 Å². The topological polar surface area (TPSA) is 60.7 Å². The van der Waals surface area contributed by atoms with Gasteiger partial charge < -0.3 is 9.30 Å². The second kappa shape index (κ2) is 8.40. The lowest BCUT2D eigenvalue weighted by Crippen LogP contribution is -2.22. The number of fused-ring (bicyclic) bond motifs is 1. The zero-order chi connectivity index (χ0) is 18.4. The van der Waals surface area contributed by atoms with E-state index in [2.05, 4.69) is 4.99 Å². The third kappa shape index (κ3) is 4.34. The van der Waals surface area contributed by atoms with Gasteiger partial charge in [-0.25, -0.2) is 0 Å². The van der Waals surface area contributed by atoms with Crippen molar-refractivity contribution in [2.24, 2.45) is 4.99 Å². The Balaban J connectivity index is 1.95. The number of esters is 1. The molecule has 0 atom stereocenters. The van der Waals surface area contributed by atoms with Gasteiger partial charge in [-0.15, -0.1) is 0 Å². The van der Waals surface area contributed by atoms with Crippen LogP contribution in [0.25, 0.3) is 16.3 Å². The Morgan fingerprint density at radius 2 is 1.85 bits per heavy atom. The molecule has 3 aromatic rings. The van der Waals surface area contributed by atoms with E-state index < -0.39 is 0 Å². The maximum atomic E-state index is 12.2. The van der Waals surface area contributed by atoms with Crippen LogP contribution in [-0.2, 0) is 20.9 Å². The predicted molar refractivity (Wildman–Crippen MR) is 102 cm³/mol. The first-order chi connectivity index (χ1) is 12.7. The maximum absolute atomic E-state index is 12.2. The summed E-state index contributed by atoms with van der Waals surface area (Å²) >= 11 is 1.37. The summed E-state index contributed by atoms with van der Waals surface area (Å²) in [4.78, 5) is 28.8. The molecule has 0 saturated heterocycles. The lowest BCUT2D eigenvalue weighted by Gasteiger charge is -2.04. The third-order valence-electron chi connectivity index (χ3n) is 3.60. The summed E-state index contributed by atoms with van der Waals surface area (Å²) in [5.41, 5.74) is 1.77. The number of para-hydroxylation sites is 1. The molecule has 5 nitrogen and oxygen atoms in total. The quantitative estimate of drug-likeness (QED) is 0.514. The van der Waals surface area contributed by atoms with Crippen molar-refractivity contribution in [3.05, 3.63) is 71.0 Å². The van der Waals surface area contributed by atoms with Gasteiger partial charge in [0.05, 0.1) is 16.8 Å². The number of hydrogen-bond donors (Lipinski definition) is 0. The van der Waals surface area contributed by atoms with Gasteiger partial charge in [-0.1, -0.05) is 53.8 Å². The molecule has 0 spiro atoms. The molecule has 0 radical (unpaired) electrons. The number of ether oxygens (including phenoxy) is 1. The van der Waals surface area contributed by atoms with Crippen LogP contribution >= 0.6 is 11.3 Å². The molecule has 1 aromatic heterocycles. The largest absolute Gasteiger partial charge is 0.465 e. The molecule has 0 bridgehead atoms. The molecule has 1 amide bonds. The van der Waals surface area contributed by atoms with Crippen LogP contribution in [0, 0.1) is 0 Å². The molecule has 0 aliphatic carbocycles. The molecule has 6 heteroatoms. The monoisotopic (exact) mass is 366 g/mol. The highest BCUT2D eigenvalue weighted by Gasteiger charge is 2.11. The van der Waals surface area contributed by atoms with Crippen LogP contribution in [0.5, 0.6) is 0 Å². The highest BCUT2D eigenvalue weighted by Crippen LogP contribution is 2.16. The van der Waals surface area contributed by atoms with Gasteiger partial charge in [0.15, 0.2) is 4.80 Å². The maximum Gasteiger partial charge on any atom is 0.326 e. The fraction of sp³-hybridized carbons (Fsp3) is 0.150. The van der Waals surface area contributed by atoms with Gasteiger partial charge in [-0.2, -0.15) is 4.99 Å². The number of carbonyl (C=O) groups is 2. The van der Waals surface area contributed by atoms with Gasteiger partial charge in [0.25, 0.3) is 5.91 Å². The fourth-order valence-corrected chi connectivity index (χ4v) is 3.49. The van der Waals surface area contributed by atoms with Crippen molar-refractivity contribution >= 4 is 39.5 Å². The lowest BCUT2D eigenvalue weighted by molar-refractivity contribution is -0.143. The normalized spacial score (nSPS) is 12.0. The second-order valence-electron chi connectivity index (χ2n) is 5.44. The van der Waals surface area contributed by atoms with Gasteiger partial charge in [0.1, 0.15) is 6.54 Å². The van der Waals surface area contributed by atoms with Crippen LogP contribution in [0.3, 0.4) is 0 Å². The summed E-state index contributed by atoms with van der Waals surface area (Å²) in [7, 11) is 0. The fourth-order valence-electron chi connectivity index (χ4n) is 2.46. The van der Waals surface area contributed by atoms with Crippen molar-refractivity contribution < 1.29 is 14.3 Å². The van der Waals surface area contributed by atoms with E-state index in [-0.39, 0.29) is 18.4 Å². The van der Waals surface area contributed by atoms with Gasteiger partial charge in [-0.05, 0) is 30.7 Å². The van der Waals surface area contributed by atoms with E-state index in [0.717, 1.165) is 15.8 Å². The van der Waals surface area contributed by atoms with Crippen LogP contribution in [0.1, 0.15) is 12.5 Å². The Morgan fingerprint density at radius 1 is 1.12 bits per heavy atom. The average Bonchev–Trinajstić information content (AvgIpc) is 2.98. The molecular formula is C20H18N2O3S. The van der Waals surface area contributed by atoms with E-state index in [1.165, 1.54) is 17.4 Å². The van der Waals surface area contributed by atoms with Crippen molar-refractivity contribution in [3.8, 4) is 0 Å². The van der Waals surface area contributed by atoms with Gasteiger partial charge in [0, 0.05) is 6.08 Å². The molecule has 3 rings (SSSR count). The molecular weight excluding hydrogens is 348 g/mol. The average molecular weight is 366 g/mol. The van der Waals surface area contributed by atoms with E-state index >= 15 is 0 Å². The summed E-state index contributed by atoms with van der Waals surface area (Å²) in [6.45, 7) is 2.09. The van der Waals surface area contributed by atoms with Crippen LogP contribution in [-0.4, -0.2) is 23.1 Å². The van der Waals surface area contributed by atoms with Crippen LogP contribution in [0.2, 0.25) is 0 Å². The van der Waals surface area contributed by atoms with Crippen LogP contribution < -0.4 is 4.80 Å².